The fourth-order valence-electron chi connectivity index (χ4n) is 2.97. The first-order valence-electron chi connectivity index (χ1n) is 8.32. The number of benzene rings is 2. The van der Waals surface area contributed by atoms with Gasteiger partial charge in [-0.05, 0) is 36.1 Å². The zero-order valence-corrected chi connectivity index (χ0v) is 15.0. The summed E-state index contributed by atoms with van der Waals surface area (Å²) in [6, 6.07) is 13.8. The van der Waals surface area contributed by atoms with Crippen molar-refractivity contribution < 1.29 is 19.5 Å². The predicted molar refractivity (Wildman–Crippen MR) is 97.5 cm³/mol. The molecular formula is C19H22N2O3S. The Hall–Kier alpha value is -2.02. The Morgan fingerprint density at radius 1 is 1.20 bits per heavy atom. The molecule has 0 radical (unpaired) electrons. The molecule has 0 atom stereocenters. The molecule has 1 saturated heterocycles. The van der Waals surface area contributed by atoms with Gasteiger partial charge in [0.15, 0.2) is 0 Å². The Morgan fingerprint density at radius 3 is 2.56 bits per heavy atom. The topological polar surface area (TPSA) is 65.8 Å². The van der Waals surface area contributed by atoms with Crippen molar-refractivity contribution >= 4 is 29.1 Å². The Labute approximate surface area is 152 Å². The fourth-order valence-corrected chi connectivity index (χ4v) is 3.37. The third-order valence-corrected chi connectivity index (χ3v) is 5.12. The summed E-state index contributed by atoms with van der Waals surface area (Å²) in [6.07, 6.45) is 2.05. The number of thioether (sulfide) groups is 1. The lowest BCUT2D eigenvalue weighted by atomic mass is 10.1. The summed E-state index contributed by atoms with van der Waals surface area (Å²) in [6.45, 7) is 3.48. The van der Waals surface area contributed by atoms with Crippen molar-refractivity contribution in [2.75, 3.05) is 37.9 Å². The summed E-state index contributed by atoms with van der Waals surface area (Å²) in [5.41, 5.74) is 2.96. The lowest BCUT2D eigenvalue weighted by molar-refractivity contribution is -0.842. The van der Waals surface area contributed by atoms with Gasteiger partial charge in [0.25, 0.3) is 0 Å². The van der Waals surface area contributed by atoms with Crippen molar-refractivity contribution in [2.45, 2.75) is 11.4 Å². The molecular weight excluding hydrogens is 336 g/mol. The Morgan fingerprint density at radius 2 is 1.92 bits per heavy atom. The molecule has 2 N–H and O–H groups in total. The van der Waals surface area contributed by atoms with Gasteiger partial charge in [-0.15, -0.1) is 11.8 Å². The van der Waals surface area contributed by atoms with Crippen molar-refractivity contribution in [3.8, 4) is 0 Å². The van der Waals surface area contributed by atoms with Crippen LogP contribution in [0.1, 0.15) is 15.9 Å². The van der Waals surface area contributed by atoms with Gasteiger partial charge in [-0.3, -0.25) is 4.90 Å². The second kappa shape index (κ2) is 8.38. The van der Waals surface area contributed by atoms with Gasteiger partial charge in [-0.25, -0.2) is 0 Å². The molecule has 25 heavy (non-hydrogen) atoms. The summed E-state index contributed by atoms with van der Waals surface area (Å²) < 4.78 is 5.35. The largest absolute Gasteiger partial charge is 0.545 e. The number of anilines is 1. The normalized spacial score (nSPS) is 15.1. The predicted octanol–water partition coefficient (Wildman–Crippen LogP) is 0.931. The van der Waals surface area contributed by atoms with E-state index in [4.69, 9.17) is 4.74 Å². The van der Waals surface area contributed by atoms with E-state index in [0.29, 0.717) is 19.8 Å². The molecule has 2 aromatic carbocycles. The maximum Gasteiger partial charge on any atom is 0.140 e. The van der Waals surface area contributed by atoms with Crippen molar-refractivity contribution in [2.24, 2.45) is 0 Å². The molecule has 132 valence electrons. The average molecular weight is 358 g/mol. The first-order chi connectivity index (χ1) is 12.2. The molecule has 2 aromatic rings. The number of quaternary nitrogens is 1. The maximum absolute atomic E-state index is 11.6. The van der Waals surface area contributed by atoms with E-state index in [-0.39, 0.29) is 5.56 Å². The summed E-state index contributed by atoms with van der Waals surface area (Å²) in [5.74, 6) is -1.14. The van der Waals surface area contributed by atoms with E-state index in [1.807, 2.05) is 18.4 Å². The van der Waals surface area contributed by atoms with Gasteiger partial charge in [0.2, 0.25) is 0 Å². The van der Waals surface area contributed by atoms with Gasteiger partial charge in [-0.1, -0.05) is 12.1 Å². The van der Waals surface area contributed by atoms with Crippen molar-refractivity contribution in [1.82, 2.24) is 0 Å². The number of carboxylic acid groups (broad SMARTS) is 1. The van der Waals surface area contributed by atoms with Crippen molar-refractivity contribution in [1.29, 1.82) is 0 Å². The van der Waals surface area contributed by atoms with Crippen molar-refractivity contribution in [3.05, 3.63) is 53.6 Å². The van der Waals surface area contributed by atoms with E-state index in [2.05, 4.69) is 29.6 Å². The summed E-state index contributed by atoms with van der Waals surface area (Å²) in [5, 5.41) is 14.9. The maximum atomic E-state index is 11.6. The fraction of sp³-hybridized carbons (Fsp3) is 0.316. The molecule has 0 unspecified atom stereocenters. The lowest BCUT2D eigenvalue weighted by Gasteiger charge is -2.25. The molecule has 0 aliphatic carbocycles. The van der Waals surface area contributed by atoms with Crippen LogP contribution in [0.2, 0.25) is 0 Å². The number of rotatable bonds is 6. The van der Waals surface area contributed by atoms with Crippen LogP contribution in [-0.2, 0) is 11.3 Å². The van der Waals surface area contributed by atoms with Crippen LogP contribution >= 0.6 is 11.8 Å². The standard InChI is InChI=1S/C19H22N2O3S/c1-25-16-5-2-14(3-6-16)13-20-15-4-7-18(17(12-15)19(22)23)21-8-10-24-11-9-21/h2-7,12,20H,8-11,13H2,1H3,(H,22,23). The van der Waals surface area contributed by atoms with Gasteiger partial charge in [0.1, 0.15) is 18.8 Å². The Bertz CT molecular complexity index is 728. The number of carbonyl (C=O) groups excluding carboxylic acids is 1. The smallest absolute Gasteiger partial charge is 0.140 e. The molecule has 0 saturated carbocycles. The lowest BCUT2D eigenvalue weighted by Crippen LogP contribution is -3.09. The van der Waals surface area contributed by atoms with Gasteiger partial charge in [0.05, 0.1) is 24.7 Å². The minimum Gasteiger partial charge on any atom is -0.545 e. The third kappa shape index (κ3) is 4.54. The highest BCUT2D eigenvalue weighted by Crippen LogP contribution is 2.19. The van der Waals surface area contributed by atoms with E-state index >= 15 is 0 Å². The molecule has 0 amide bonds. The quantitative estimate of drug-likeness (QED) is 0.752. The minimum atomic E-state index is -1.14. The second-order valence-corrected chi connectivity index (χ2v) is 6.85. The SMILES string of the molecule is CSc1ccc(CNc2ccc([NH+]3CCOCC3)c(C(=O)[O-])c2)cc1. The van der Waals surface area contributed by atoms with Crippen LogP contribution < -0.4 is 15.3 Å². The molecule has 3 rings (SSSR count). The van der Waals surface area contributed by atoms with E-state index < -0.39 is 5.97 Å². The number of ether oxygens (including phenoxy) is 1. The number of hydrogen-bond acceptors (Lipinski definition) is 5. The summed E-state index contributed by atoms with van der Waals surface area (Å²) >= 11 is 1.71. The second-order valence-electron chi connectivity index (χ2n) is 5.97. The van der Waals surface area contributed by atoms with Gasteiger partial charge in [-0.2, -0.15) is 0 Å². The van der Waals surface area contributed by atoms with E-state index in [1.165, 1.54) is 4.90 Å². The van der Waals surface area contributed by atoms with Gasteiger partial charge >= 0.3 is 0 Å². The van der Waals surface area contributed by atoms with Crippen LogP contribution in [0.15, 0.2) is 47.4 Å². The molecule has 6 heteroatoms. The third-order valence-electron chi connectivity index (χ3n) is 4.37. The van der Waals surface area contributed by atoms with Gasteiger partial charge < -0.3 is 20.0 Å². The molecule has 0 aromatic heterocycles. The van der Waals surface area contributed by atoms with Crippen LogP contribution in [0.4, 0.5) is 11.4 Å². The summed E-state index contributed by atoms with van der Waals surface area (Å²) in [7, 11) is 0. The first kappa shape index (κ1) is 17.8. The van der Waals surface area contributed by atoms with Crippen molar-refractivity contribution in [3.63, 3.8) is 0 Å². The summed E-state index contributed by atoms with van der Waals surface area (Å²) in [4.78, 5) is 13.9. The highest BCUT2D eigenvalue weighted by Gasteiger charge is 2.20. The molecule has 1 heterocycles. The van der Waals surface area contributed by atoms with Crippen LogP contribution in [0, 0.1) is 0 Å². The number of morpholine rings is 1. The zero-order valence-electron chi connectivity index (χ0n) is 14.2. The number of carboxylic acids is 1. The van der Waals surface area contributed by atoms with E-state index in [0.717, 1.165) is 34.9 Å². The highest BCUT2D eigenvalue weighted by molar-refractivity contribution is 7.98. The van der Waals surface area contributed by atoms with Crippen LogP contribution in [-0.4, -0.2) is 38.5 Å². The molecule has 5 nitrogen and oxygen atoms in total. The number of carbonyl (C=O) groups is 1. The molecule has 1 aliphatic heterocycles. The molecule has 0 bridgehead atoms. The molecule has 1 fully saturated rings. The monoisotopic (exact) mass is 358 g/mol. The average Bonchev–Trinajstić information content (AvgIpc) is 2.67. The van der Waals surface area contributed by atoms with E-state index in [9.17, 15) is 9.90 Å². The zero-order chi connectivity index (χ0) is 17.6. The van der Waals surface area contributed by atoms with Gasteiger partial charge in [0, 0.05) is 23.2 Å². The number of aromatic carboxylic acids is 1. The van der Waals surface area contributed by atoms with Crippen LogP contribution in [0.5, 0.6) is 0 Å². The number of hydrogen-bond donors (Lipinski definition) is 2. The van der Waals surface area contributed by atoms with E-state index in [1.54, 1.807) is 17.8 Å². The van der Waals surface area contributed by atoms with Crippen LogP contribution in [0.3, 0.4) is 0 Å². The van der Waals surface area contributed by atoms with Crippen LogP contribution in [0.25, 0.3) is 0 Å². The molecule has 1 aliphatic rings. The molecule has 0 spiro atoms. The highest BCUT2D eigenvalue weighted by atomic mass is 32.2. The Balaban J connectivity index is 1.73. The number of nitrogens with one attached hydrogen (secondary N) is 2. The first-order valence-corrected chi connectivity index (χ1v) is 9.55. The minimum absolute atomic E-state index is 0.250. The Kier molecular flexibility index (Phi) is 5.96.